The number of benzene rings is 1. The SMILES string of the molecule is CCc1c(O)n(-c2c(F)cc(F)cc2F)c(=O)[nH]c1=O. The van der Waals surface area contributed by atoms with Gasteiger partial charge in [0.1, 0.15) is 11.5 Å². The monoisotopic (exact) mass is 286 g/mol. The number of nitrogens with zero attached hydrogens (tertiary/aromatic N) is 1. The number of aromatic amines is 1. The Kier molecular flexibility index (Phi) is 3.39. The number of aromatic nitrogens is 2. The fourth-order valence-corrected chi connectivity index (χ4v) is 1.84. The molecule has 5 nitrogen and oxygen atoms in total. The predicted octanol–water partition coefficient (Wildman–Crippen LogP) is 1.21. The maximum Gasteiger partial charge on any atom is 0.335 e. The Morgan fingerprint density at radius 3 is 2.25 bits per heavy atom. The molecule has 0 amide bonds. The third kappa shape index (κ3) is 2.09. The summed E-state index contributed by atoms with van der Waals surface area (Å²) in [4.78, 5) is 24.9. The van der Waals surface area contributed by atoms with E-state index >= 15 is 0 Å². The van der Waals surface area contributed by atoms with Crippen LogP contribution in [-0.2, 0) is 6.42 Å². The van der Waals surface area contributed by atoms with E-state index in [1.54, 1.807) is 0 Å². The van der Waals surface area contributed by atoms with Crippen LogP contribution in [0.15, 0.2) is 21.7 Å². The molecule has 0 saturated heterocycles. The molecule has 1 aromatic heterocycles. The topological polar surface area (TPSA) is 75.1 Å². The first-order valence-electron chi connectivity index (χ1n) is 5.58. The molecule has 2 aromatic rings. The predicted molar refractivity (Wildman–Crippen MR) is 63.6 cm³/mol. The Labute approximate surface area is 109 Å². The smallest absolute Gasteiger partial charge is 0.335 e. The highest BCUT2D eigenvalue weighted by Gasteiger charge is 2.21. The minimum atomic E-state index is -1.38. The lowest BCUT2D eigenvalue weighted by atomic mass is 10.2. The van der Waals surface area contributed by atoms with Gasteiger partial charge < -0.3 is 5.11 Å². The average Bonchev–Trinajstić information content (AvgIpc) is 2.32. The van der Waals surface area contributed by atoms with Crippen molar-refractivity contribution < 1.29 is 18.3 Å². The molecule has 0 atom stereocenters. The highest BCUT2D eigenvalue weighted by atomic mass is 19.1. The van der Waals surface area contributed by atoms with E-state index in [4.69, 9.17) is 0 Å². The molecule has 20 heavy (non-hydrogen) atoms. The molecule has 0 radical (unpaired) electrons. The van der Waals surface area contributed by atoms with E-state index in [-0.39, 0.29) is 16.6 Å². The van der Waals surface area contributed by atoms with Gasteiger partial charge in [-0.3, -0.25) is 9.78 Å². The first-order chi connectivity index (χ1) is 9.36. The van der Waals surface area contributed by atoms with Crippen LogP contribution in [0.3, 0.4) is 0 Å². The van der Waals surface area contributed by atoms with Gasteiger partial charge in [0.25, 0.3) is 5.56 Å². The summed E-state index contributed by atoms with van der Waals surface area (Å²) < 4.78 is 40.4. The lowest BCUT2D eigenvalue weighted by Gasteiger charge is -2.12. The van der Waals surface area contributed by atoms with Crippen molar-refractivity contribution in [2.24, 2.45) is 0 Å². The number of halogens is 3. The molecule has 0 aliphatic rings. The summed E-state index contributed by atoms with van der Waals surface area (Å²) >= 11 is 0. The number of hydrogen-bond acceptors (Lipinski definition) is 3. The number of nitrogens with one attached hydrogen (secondary N) is 1. The second-order valence-corrected chi connectivity index (χ2v) is 3.97. The Hall–Kier alpha value is -2.51. The van der Waals surface area contributed by atoms with Gasteiger partial charge in [-0.05, 0) is 6.42 Å². The Morgan fingerprint density at radius 1 is 1.20 bits per heavy atom. The highest BCUT2D eigenvalue weighted by Crippen LogP contribution is 2.23. The molecule has 2 rings (SSSR count). The van der Waals surface area contributed by atoms with Crippen molar-refractivity contribution in [1.82, 2.24) is 9.55 Å². The molecular formula is C12H9F3N2O3. The van der Waals surface area contributed by atoms with Gasteiger partial charge in [0.2, 0.25) is 5.88 Å². The first kappa shape index (κ1) is 13.9. The maximum absolute atomic E-state index is 13.7. The molecule has 0 bridgehead atoms. The van der Waals surface area contributed by atoms with Crippen molar-refractivity contribution in [3.8, 4) is 11.6 Å². The summed E-state index contributed by atoms with van der Waals surface area (Å²) in [5, 5.41) is 9.84. The summed E-state index contributed by atoms with van der Waals surface area (Å²) in [6.45, 7) is 1.51. The molecule has 106 valence electrons. The minimum Gasteiger partial charge on any atom is -0.494 e. The third-order valence-corrected chi connectivity index (χ3v) is 2.74. The van der Waals surface area contributed by atoms with E-state index < -0.39 is 40.3 Å². The number of hydrogen-bond donors (Lipinski definition) is 2. The van der Waals surface area contributed by atoms with Crippen molar-refractivity contribution in [2.45, 2.75) is 13.3 Å². The van der Waals surface area contributed by atoms with Crippen molar-refractivity contribution in [3.05, 3.63) is 56.0 Å². The molecule has 0 aliphatic carbocycles. The van der Waals surface area contributed by atoms with Gasteiger partial charge in [-0.25, -0.2) is 22.5 Å². The molecular weight excluding hydrogens is 277 g/mol. The molecule has 0 saturated carbocycles. The summed E-state index contributed by atoms with van der Waals surface area (Å²) in [5.74, 6) is -4.81. The fourth-order valence-electron chi connectivity index (χ4n) is 1.84. The Morgan fingerprint density at radius 2 is 1.75 bits per heavy atom. The maximum atomic E-state index is 13.7. The lowest BCUT2D eigenvalue weighted by molar-refractivity contribution is 0.415. The van der Waals surface area contributed by atoms with Crippen LogP contribution in [0.2, 0.25) is 0 Å². The minimum absolute atomic E-state index is 0.0336. The standard InChI is InChI=1S/C12H9F3N2O3/c1-2-6-10(18)16-12(20)17(11(6)19)9-7(14)3-5(13)4-8(9)15/h3-4,19H,2H2,1H3,(H,16,18,20). The summed E-state index contributed by atoms with van der Waals surface area (Å²) in [6, 6.07) is 0.724. The molecule has 1 aromatic carbocycles. The van der Waals surface area contributed by atoms with Gasteiger partial charge in [-0.1, -0.05) is 6.92 Å². The quantitative estimate of drug-likeness (QED) is 0.871. The van der Waals surface area contributed by atoms with Crippen LogP contribution in [-0.4, -0.2) is 14.7 Å². The molecule has 0 unspecified atom stereocenters. The van der Waals surface area contributed by atoms with E-state index in [2.05, 4.69) is 0 Å². The molecule has 0 aliphatic heterocycles. The summed E-state index contributed by atoms with van der Waals surface area (Å²) in [5.41, 5.74) is -3.25. The van der Waals surface area contributed by atoms with E-state index in [1.165, 1.54) is 6.92 Å². The van der Waals surface area contributed by atoms with Crippen LogP contribution in [0.5, 0.6) is 5.88 Å². The second kappa shape index (κ2) is 4.87. The number of rotatable bonds is 2. The zero-order valence-electron chi connectivity index (χ0n) is 10.2. The van der Waals surface area contributed by atoms with Crippen molar-refractivity contribution >= 4 is 0 Å². The van der Waals surface area contributed by atoms with Gasteiger partial charge in [0.15, 0.2) is 11.6 Å². The fraction of sp³-hybridized carbons (Fsp3) is 0.167. The van der Waals surface area contributed by atoms with Crippen LogP contribution in [0.4, 0.5) is 13.2 Å². The van der Waals surface area contributed by atoms with E-state index in [1.807, 2.05) is 4.98 Å². The number of aromatic hydroxyl groups is 1. The van der Waals surface area contributed by atoms with Gasteiger partial charge in [0.05, 0.1) is 5.56 Å². The van der Waals surface area contributed by atoms with Gasteiger partial charge >= 0.3 is 5.69 Å². The van der Waals surface area contributed by atoms with E-state index in [0.717, 1.165) is 0 Å². The summed E-state index contributed by atoms with van der Waals surface area (Å²) in [6.07, 6.45) is 0.0336. The van der Waals surface area contributed by atoms with Crippen molar-refractivity contribution in [2.75, 3.05) is 0 Å². The van der Waals surface area contributed by atoms with Crippen LogP contribution < -0.4 is 11.2 Å². The number of H-pyrrole nitrogens is 1. The lowest BCUT2D eigenvalue weighted by Crippen LogP contribution is -2.32. The van der Waals surface area contributed by atoms with Gasteiger partial charge in [-0.15, -0.1) is 0 Å². The van der Waals surface area contributed by atoms with Gasteiger partial charge in [-0.2, -0.15) is 0 Å². The van der Waals surface area contributed by atoms with Crippen LogP contribution >= 0.6 is 0 Å². The van der Waals surface area contributed by atoms with Crippen LogP contribution in [0, 0.1) is 17.5 Å². The highest BCUT2D eigenvalue weighted by molar-refractivity contribution is 5.40. The van der Waals surface area contributed by atoms with E-state index in [0.29, 0.717) is 12.1 Å². The average molecular weight is 286 g/mol. The largest absolute Gasteiger partial charge is 0.494 e. The Bertz CT molecular complexity index is 773. The van der Waals surface area contributed by atoms with Gasteiger partial charge in [0, 0.05) is 12.1 Å². The Balaban J connectivity index is 2.91. The third-order valence-electron chi connectivity index (χ3n) is 2.74. The molecule has 0 spiro atoms. The van der Waals surface area contributed by atoms with Crippen LogP contribution in [0.1, 0.15) is 12.5 Å². The molecule has 1 heterocycles. The summed E-state index contributed by atoms with van der Waals surface area (Å²) in [7, 11) is 0. The zero-order valence-corrected chi connectivity index (χ0v) is 10.2. The van der Waals surface area contributed by atoms with Crippen molar-refractivity contribution in [3.63, 3.8) is 0 Å². The van der Waals surface area contributed by atoms with Crippen molar-refractivity contribution in [1.29, 1.82) is 0 Å². The second-order valence-electron chi connectivity index (χ2n) is 3.97. The van der Waals surface area contributed by atoms with Crippen LogP contribution in [0.25, 0.3) is 5.69 Å². The molecule has 2 N–H and O–H groups in total. The molecule has 0 fully saturated rings. The first-order valence-corrected chi connectivity index (χ1v) is 5.58. The normalized spacial score (nSPS) is 10.8. The van der Waals surface area contributed by atoms with E-state index in [9.17, 15) is 27.9 Å². The molecule has 8 heteroatoms. The zero-order chi connectivity index (χ0) is 15.0.